The number of nitrogens with zero attached hydrogens (tertiary/aromatic N) is 3. The van der Waals surface area contributed by atoms with E-state index in [9.17, 15) is 9.59 Å². The van der Waals surface area contributed by atoms with E-state index in [0.717, 1.165) is 35.6 Å². The van der Waals surface area contributed by atoms with Crippen LogP contribution in [0.1, 0.15) is 19.2 Å². The van der Waals surface area contributed by atoms with E-state index in [1.165, 1.54) is 6.92 Å². The maximum Gasteiger partial charge on any atom is 0.228 e. The number of carbonyl (C=O) groups excluding carboxylic acids is 2. The number of amides is 2. The third-order valence-corrected chi connectivity index (χ3v) is 5.21. The van der Waals surface area contributed by atoms with Crippen molar-refractivity contribution in [2.75, 3.05) is 31.6 Å². The van der Waals surface area contributed by atoms with Gasteiger partial charge in [-0.05, 0) is 18.6 Å². The van der Waals surface area contributed by atoms with Crippen LogP contribution in [-0.2, 0) is 27.3 Å². The molecule has 27 heavy (non-hydrogen) atoms. The molecular formula is C20H24N4O3. The molecule has 0 bridgehead atoms. The summed E-state index contributed by atoms with van der Waals surface area (Å²) in [7, 11) is 0. The third-order valence-electron chi connectivity index (χ3n) is 5.21. The number of aromatic nitrogens is 2. The summed E-state index contributed by atoms with van der Waals surface area (Å²) in [5.74, 6) is 1.11. The summed E-state index contributed by atoms with van der Waals surface area (Å²) in [6, 6.07) is 7.76. The molecule has 0 aliphatic carbocycles. The lowest BCUT2D eigenvalue weighted by Crippen LogP contribution is -2.38. The normalized spacial score (nSPS) is 19.4. The van der Waals surface area contributed by atoms with Crippen LogP contribution in [0.25, 0.3) is 11.3 Å². The van der Waals surface area contributed by atoms with Gasteiger partial charge in [-0.1, -0.05) is 12.1 Å². The van der Waals surface area contributed by atoms with Crippen molar-refractivity contribution >= 4 is 17.5 Å². The van der Waals surface area contributed by atoms with Crippen molar-refractivity contribution in [1.29, 1.82) is 0 Å². The Morgan fingerprint density at radius 3 is 2.93 bits per heavy atom. The van der Waals surface area contributed by atoms with Gasteiger partial charge < -0.3 is 19.5 Å². The quantitative estimate of drug-likeness (QED) is 0.898. The first-order chi connectivity index (χ1) is 13.1. The molecule has 7 heteroatoms. The Hall–Kier alpha value is -2.67. The van der Waals surface area contributed by atoms with Gasteiger partial charge in [-0.2, -0.15) is 0 Å². The van der Waals surface area contributed by atoms with E-state index < -0.39 is 0 Å². The highest BCUT2D eigenvalue weighted by Crippen LogP contribution is 2.26. The van der Waals surface area contributed by atoms with Crippen LogP contribution in [0.15, 0.2) is 30.5 Å². The van der Waals surface area contributed by atoms with Gasteiger partial charge >= 0.3 is 0 Å². The first-order valence-electron chi connectivity index (χ1n) is 9.41. The van der Waals surface area contributed by atoms with Crippen LogP contribution in [0.2, 0.25) is 0 Å². The molecule has 1 fully saturated rings. The minimum atomic E-state index is -0.0932. The van der Waals surface area contributed by atoms with Crippen LogP contribution < -0.4 is 5.32 Å². The lowest BCUT2D eigenvalue weighted by molar-refractivity contribution is -0.135. The molecule has 0 radical (unpaired) electrons. The predicted molar refractivity (Wildman–Crippen MR) is 101 cm³/mol. The largest absolute Gasteiger partial charge is 0.381 e. The second-order valence-electron chi connectivity index (χ2n) is 7.11. The van der Waals surface area contributed by atoms with E-state index in [-0.39, 0.29) is 17.7 Å². The van der Waals surface area contributed by atoms with Crippen molar-refractivity contribution in [3.05, 3.63) is 36.3 Å². The zero-order valence-electron chi connectivity index (χ0n) is 15.5. The molecule has 2 aliphatic heterocycles. The highest BCUT2D eigenvalue weighted by molar-refractivity contribution is 5.89. The summed E-state index contributed by atoms with van der Waals surface area (Å²) in [5.41, 5.74) is 2.78. The molecule has 1 atom stereocenters. The van der Waals surface area contributed by atoms with Crippen molar-refractivity contribution in [2.24, 2.45) is 5.92 Å². The molecular weight excluding hydrogens is 344 g/mol. The second kappa shape index (κ2) is 7.52. The smallest absolute Gasteiger partial charge is 0.228 e. The molecule has 1 N–H and O–H groups in total. The monoisotopic (exact) mass is 368 g/mol. The van der Waals surface area contributed by atoms with Gasteiger partial charge in [0.25, 0.3) is 0 Å². The Morgan fingerprint density at radius 2 is 2.15 bits per heavy atom. The van der Waals surface area contributed by atoms with Crippen LogP contribution in [-0.4, -0.2) is 52.6 Å². The summed E-state index contributed by atoms with van der Waals surface area (Å²) in [6.45, 7) is 4.81. The Bertz CT molecular complexity index is 855. The number of imidazole rings is 1. The van der Waals surface area contributed by atoms with Crippen LogP contribution in [0, 0.1) is 5.92 Å². The van der Waals surface area contributed by atoms with Crippen molar-refractivity contribution in [3.8, 4) is 11.3 Å². The van der Waals surface area contributed by atoms with E-state index >= 15 is 0 Å². The number of ether oxygens (including phenoxy) is 1. The first kappa shape index (κ1) is 17.7. The number of carbonyl (C=O) groups is 2. The van der Waals surface area contributed by atoms with Gasteiger partial charge in [0.1, 0.15) is 5.82 Å². The average molecular weight is 368 g/mol. The van der Waals surface area contributed by atoms with Gasteiger partial charge in [0.05, 0.1) is 24.4 Å². The molecule has 7 nitrogen and oxygen atoms in total. The Morgan fingerprint density at radius 1 is 1.26 bits per heavy atom. The van der Waals surface area contributed by atoms with Gasteiger partial charge in [0, 0.05) is 50.8 Å². The molecule has 1 aromatic carbocycles. The predicted octanol–water partition coefficient (Wildman–Crippen LogP) is 1.93. The maximum absolute atomic E-state index is 12.7. The minimum Gasteiger partial charge on any atom is -0.381 e. The number of benzene rings is 1. The number of anilines is 1. The number of rotatable bonds is 3. The molecule has 3 heterocycles. The van der Waals surface area contributed by atoms with E-state index in [0.29, 0.717) is 32.8 Å². The van der Waals surface area contributed by atoms with E-state index in [1.807, 2.05) is 35.4 Å². The van der Waals surface area contributed by atoms with Crippen LogP contribution in [0.5, 0.6) is 0 Å². The van der Waals surface area contributed by atoms with E-state index in [2.05, 4.69) is 14.9 Å². The molecule has 1 saturated heterocycles. The lowest BCUT2D eigenvalue weighted by atomic mass is 10.1. The first-order valence-corrected chi connectivity index (χ1v) is 9.41. The number of hydrogen-bond donors (Lipinski definition) is 1. The molecule has 0 saturated carbocycles. The summed E-state index contributed by atoms with van der Waals surface area (Å²) in [5, 5.41) is 2.82. The van der Waals surface area contributed by atoms with Crippen molar-refractivity contribution in [2.45, 2.75) is 26.3 Å². The lowest BCUT2D eigenvalue weighted by Gasteiger charge is -2.23. The molecule has 4 rings (SSSR count). The fraction of sp³-hybridized carbons (Fsp3) is 0.450. The zero-order valence-corrected chi connectivity index (χ0v) is 15.5. The number of nitrogens with one attached hydrogen (secondary N) is 1. The Labute approximate surface area is 158 Å². The summed E-state index contributed by atoms with van der Waals surface area (Å²) < 4.78 is 7.55. The molecule has 2 aliphatic rings. The van der Waals surface area contributed by atoms with Crippen LogP contribution in [0.4, 0.5) is 5.69 Å². The maximum atomic E-state index is 12.7. The fourth-order valence-corrected chi connectivity index (χ4v) is 3.83. The highest BCUT2D eigenvalue weighted by atomic mass is 16.5. The third kappa shape index (κ3) is 3.73. The van der Waals surface area contributed by atoms with Gasteiger partial charge in [-0.15, -0.1) is 0 Å². The Kier molecular flexibility index (Phi) is 4.94. The second-order valence-corrected chi connectivity index (χ2v) is 7.11. The zero-order chi connectivity index (χ0) is 18.8. The van der Waals surface area contributed by atoms with Gasteiger partial charge in [-0.25, -0.2) is 4.98 Å². The SMILES string of the molecule is CC(=O)Nc1cccc(-c2cnc3n2CCN(C(=O)C2CCOC2)CC3)c1. The molecule has 2 amide bonds. The summed E-state index contributed by atoms with van der Waals surface area (Å²) >= 11 is 0. The highest BCUT2D eigenvalue weighted by Gasteiger charge is 2.29. The summed E-state index contributed by atoms with van der Waals surface area (Å²) in [4.78, 5) is 30.6. The van der Waals surface area contributed by atoms with Crippen molar-refractivity contribution in [1.82, 2.24) is 14.5 Å². The van der Waals surface area contributed by atoms with Crippen LogP contribution in [0.3, 0.4) is 0 Å². The van der Waals surface area contributed by atoms with Gasteiger partial charge in [-0.3, -0.25) is 9.59 Å². The van der Waals surface area contributed by atoms with Gasteiger partial charge in [0.2, 0.25) is 11.8 Å². The van der Waals surface area contributed by atoms with Crippen LogP contribution >= 0.6 is 0 Å². The fourth-order valence-electron chi connectivity index (χ4n) is 3.83. The molecule has 1 aromatic heterocycles. The standard InChI is InChI=1S/C20H24N4O3/c1-14(25)22-17-4-2-3-15(11-17)18-12-21-19-5-7-23(8-9-24(18)19)20(26)16-6-10-27-13-16/h2-4,11-12,16H,5-10,13H2,1H3,(H,22,25). The van der Waals surface area contributed by atoms with E-state index in [4.69, 9.17) is 4.74 Å². The van der Waals surface area contributed by atoms with Crippen molar-refractivity contribution < 1.29 is 14.3 Å². The van der Waals surface area contributed by atoms with Crippen molar-refractivity contribution in [3.63, 3.8) is 0 Å². The Balaban J connectivity index is 1.53. The molecule has 0 spiro atoms. The average Bonchev–Trinajstić information content (AvgIpc) is 3.27. The number of hydrogen-bond acceptors (Lipinski definition) is 4. The summed E-state index contributed by atoms with van der Waals surface area (Å²) in [6.07, 6.45) is 3.44. The molecule has 2 aromatic rings. The van der Waals surface area contributed by atoms with E-state index in [1.54, 1.807) is 0 Å². The number of fused-ring (bicyclic) bond motifs is 1. The topological polar surface area (TPSA) is 76.5 Å². The molecule has 1 unspecified atom stereocenters. The molecule has 142 valence electrons. The van der Waals surface area contributed by atoms with Gasteiger partial charge in [0.15, 0.2) is 0 Å². The minimum absolute atomic E-state index is 0.00392.